The molecular weight excluding hydrogens is 248 g/mol. The van der Waals surface area contributed by atoms with E-state index < -0.39 is 5.97 Å². The highest BCUT2D eigenvalue weighted by atomic mass is 16.4. The van der Waals surface area contributed by atoms with E-state index in [2.05, 4.69) is 20.4 Å². The molecule has 0 unspecified atom stereocenters. The van der Waals surface area contributed by atoms with E-state index in [1.165, 1.54) is 0 Å². The number of carboxylic acid groups (broad SMARTS) is 1. The Morgan fingerprint density at radius 2 is 2.05 bits per heavy atom. The standard InChI is InChI=1S/C12H14N4O3/c1-7-6-9(8(2)14-13-7)12-16-15-10(19-12)4-3-5-11(17)18/h6H,3-5H2,1-2H3,(H,17,18). The average molecular weight is 262 g/mol. The van der Waals surface area contributed by atoms with Gasteiger partial charge >= 0.3 is 5.97 Å². The average Bonchev–Trinajstić information content (AvgIpc) is 2.80. The van der Waals surface area contributed by atoms with Crippen LogP contribution in [-0.2, 0) is 11.2 Å². The fourth-order valence-corrected chi connectivity index (χ4v) is 1.62. The van der Waals surface area contributed by atoms with Crippen molar-refractivity contribution >= 4 is 5.97 Å². The van der Waals surface area contributed by atoms with Crippen LogP contribution in [0, 0.1) is 13.8 Å². The maximum absolute atomic E-state index is 10.4. The van der Waals surface area contributed by atoms with E-state index in [-0.39, 0.29) is 6.42 Å². The van der Waals surface area contributed by atoms with Crippen molar-refractivity contribution < 1.29 is 14.3 Å². The summed E-state index contributed by atoms with van der Waals surface area (Å²) in [6, 6.07) is 1.83. The second kappa shape index (κ2) is 5.55. The zero-order chi connectivity index (χ0) is 13.8. The van der Waals surface area contributed by atoms with Crippen LogP contribution in [0.15, 0.2) is 10.5 Å². The number of aliphatic carboxylic acids is 1. The van der Waals surface area contributed by atoms with E-state index >= 15 is 0 Å². The summed E-state index contributed by atoms with van der Waals surface area (Å²) >= 11 is 0. The molecule has 0 radical (unpaired) electrons. The summed E-state index contributed by atoms with van der Waals surface area (Å²) in [5, 5.41) is 24.3. The van der Waals surface area contributed by atoms with Crippen molar-refractivity contribution in [3.05, 3.63) is 23.3 Å². The quantitative estimate of drug-likeness (QED) is 0.871. The van der Waals surface area contributed by atoms with Gasteiger partial charge in [0.2, 0.25) is 11.8 Å². The van der Waals surface area contributed by atoms with Gasteiger partial charge in [0.25, 0.3) is 0 Å². The van der Waals surface area contributed by atoms with Crippen LogP contribution in [-0.4, -0.2) is 31.5 Å². The second-order valence-corrected chi connectivity index (χ2v) is 4.23. The Balaban J connectivity index is 2.12. The molecule has 2 aromatic heterocycles. The van der Waals surface area contributed by atoms with Gasteiger partial charge in [0.15, 0.2) is 0 Å². The van der Waals surface area contributed by atoms with Gasteiger partial charge in [-0.05, 0) is 26.3 Å². The highest BCUT2D eigenvalue weighted by Gasteiger charge is 2.12. The number of hydrogen-bond donors (Lipinski definition) is 1. The second-order valence-electron chi connectivity index (χ2n) is 4.23. The van der Waals surface area contributed by atoms with Gasteiger partial charge < -0.3 is 9.52 Å². The Labute approximate surface area is 109 Å². The van der Waals surface area contributed by atoms with E-state index in [1.807, 2.05) is 19.9 Å². The summed E-state index contributed by atoms with van der Waals surface area (Å²) in [6.45, 7) is 3.65. The lowest BCUT2D eigenvalue weighted by Crippen LogP contribution is -1.95. The molecule has 19 heavy (non-hydrogen) atoms. The van der Waals surface area contributed by atoms with Crippen molar-refractivity contribution in [2.45, 2.75) is 33.1 Å². The largest absolute Gasteiger partial charge is 0.481 e. The Morgan fingerprint density at radius 3 is 2.79 bits per heavy atom. The first-order valence-corrected chi connectivity index (χ1v) is 5.91. The third-order valence-electron chi connectivity index (χ3n) is 2.58. The van der Waals surface area contributed by atoms with Gasteiger partial charge in [-0.25, -0.2) is 0 Å². The number of nitrogens with zero attached hydrogens (tertiary/aromatic N) is 4. The van der Waals surface area contributed by atoms with Gasteiger partial charge in [-0.3, -0.25) is 4.79 Å². The fourth-order valence-electron chi connectivity index (χ4n) is 1.62. The van der Waals surface area contributed by atoms with Crippen molar-refractivity contribution in [1.29, 1.82) is 0 Å². The van der Waals surface area contributed by atoms with Crippen molar-refractivity contribution in [1.82, 2.24) is 20.4 Å². The molecule has 0 saturated carbocycles. The molecule has 0 aliphatic heterocycles. The minimum atomic E-state index is -0.829. The SMILES string of the molecule is Cc1cc(-c2nnc(CCCC(=O)O)o2)c(C)nn1. The van der Waals surface area contributed by atoms with Crippen LogP contribution in [0.2, 0.25) is 0 Å². The molecule has 1 N–H and O–H groups in total. The zero-order valence-corrected chi connectivity index (χ0v) is 10.8. The number of rotatable bonds is 5. The number of hydrogen-bond acceptors (Lipinski definition) is 6. The van der Waals surface area contributed by atoms with E-state index in [9.17, 15) is 4.79 Å². The number of aryl methyl sites for hydroxylation is 3. The lowest BCUT2D eigenvalue weighted by Gasteiger charge is -1.99. The normalized spacial score (nSPS) is 10.6. The molecule has 7 heteroatoms. The number of aromatic nitrogens is 4. The van der Waals surface area contributed by atoms with E-state index in [4.69, 9.17) is 9.52 Å². The van der Waals surface area contributed by atoms with Crippen LogP contribution in [0.1, 0.15) is 30.1 Å². The highest BCUT2D eigenvalue weighted by Crippen LogP contribution is 2.21. The van der Waals surface area contributed by atoms with Crippen molar-refractivity contribution in [2.75, 3.05) is 0 Å². The van der Waals surface area contributed by atoms with Gasteiger partial charge in [-0.1, -0.05) is 0 Å². The topological polar surface area (TPSA) is 102 Å². The van der Waals surface area contributed by atoms with Crippen LogP contribution in [0.3, 0.4) is 0 Å². The van der Waals surface area contributed by atoms with Crippen LogP contribution in [0.5, 0.6) is 0 Å². The molecule has 0 saturated heterocycles. The summed E-state index contributed by atoms with van der Waals surface area (Å²) < 4.78 is 5.50. The summed E-state index contributed by atoms with van der Waals surface area (Å²) in [5.41, 5.74) is 2.24. The maximum atomic E-state index is 10.4. The van der Waals surface area contributed by atoms with Crippen LogP contribution in [0.4, 0.5) is 0 Å². The first kappa shape index (κ1) is 13.1. The van der Waals surface area contributed by atoms with Crippen LogP contribution >= 0.6 is 0 Å². The molecule has 0 bridgehead atoms. The van der Waals surface area contributed by atoms with Crippen LogP contribution in [0.25, 0.3) is 11.5 Å². The first-order valence-electron chi connectivity index (χ1n) is 5.91. The molecular formula is C12H14N4O3. The molecule has 0 aliphatic rings. The minimum absolute atomic E-state index is 0.0899. The third-order valence-corrected chi connectivity index (χ3v) is 2.58. The molecule has 0 aromatic carbocycles. The van der Waals surface area contributed by atoms with Gasteiger partial charge in [-0.2, -0.15) is 10.2 Å². The van der Waals surface area contributed by atoms with Gasteiger partial charge in [0.05, 0.1) is 17.0 Å². The van der Waals surface area contributed by atoms with Crippen molar-refractivity contribution in [2.24, 2.45) is 0 Å². The maximum Gasteiger partial charge on any atom is 0.303 e. The molecule has 7 nitrogen and oxygen atoms in total. The predicted molar refractivity (Wildman–Crippen MR) is 65.4 cm³/mol. The molecule has 0 aliphatic carbocycles. The summed E-state index contributed by atoms with van der Waals surface area (Å²) in [7, 11) is 0. The van der Waals surface area contributed by atoms with E-state index in [0.29, 0.717) is 30.3 Å². The lowest BCUT2D eigenvalue weighted by molar-refractivity contribution is -0.137. The number of carboxylic acids is 1. The van der Waals surface area contributed by atoms with Gasteiger partial charge in [0, 0.05) is 12.8 Å². The Hall–Kier alpha value is -2.31. The molecule has 0 spiro atoms. The zero-order valence-electron chi connectivity index (χ0n) is 10.8. The Bertz CT molecular complexity index is 594. The molecule has 0 atom stereocenters. The Morgan fingerprint density at radius 1 is 1.26 bits per heavy atom. The monoisotopic (exact) mass is 262 g/mol. The van der Waals surface area contributed by atoms with Gasteiger partial charge in [0.1, 0.15) is 0 Å². The number of carbonyl (C=O) groups is 1. The highest BCUT2D eigenvalue weighted by molar-refractivity contribution is 5.66. The molecule has 100 valence electrons. The third kappa shape index (κ3) is 3.34. The molecule has 2 rings (SSSR count). The molecule has 0 amide bonds. The molecule has 2 aromatic rings. The first-order chi connectivity index (χ1) is 9.06. The minimum Gasteiger partial charge on any atom is -0.481 e. The predicted octanol–water partition coefficient (Wildman–Crippen LogP) is 1.55. The lowest BCUT2D eigenvalue weighted by atomic mass is 10.2. The molecule has 0 fully saturated rings. The Kier molecular flexibility index (Phi) is 3.84. The summed E-state index contributed by atoms with van der Waals surface area (Å²) in [5.74, 6) is -0.00418. The smallest absolute Gasteiger partial charge is 0.303 e. The summed E-state index contributed by atoms with van der Waals surface area (Å²) in [6.07, 6.45) is 1.02. The fraction of sp³-hybridized carbons (Fsp3) is 0.417. The van der Waals surface area contributed by atoms with E-state index in [0.717, 1.165) is 11.3 Å². The van der Waals surface area contributed by atoms with Gasteiger partial charge in [-0.15, -0.1) is 10.2 Å². The van der Waals surface area contributed by atoms with Crippen molar-refractivity contribution in [3.63, 3.8) is 0 Å². The van der Waals surface area contributed by atoms with Crippen molar-refractivity contribution in [3.8, 4) is 11.5 Å². The summed E-state index contributed by atoms with van der Waals surface area (Å²) in [4.78, 5) is 10.4. The van der Waals surface area contributed by atoms with Crippen LogP contribution < -0.4 is 0 Å². The van der Waals surface area contributed by atoms with E-state index in [1.54, 1.807) is 0 Å². The molecule has 2 heterocycles.